The Balaban J connectivity index is 1.45. The van der Waals surface area contributed by atoms with Gasteiger partial charge in [-0.15, -0.1) is 0 Å². The Bertz CT molecular complexity index is 1140. The summed E-state index contributed by atoms with van der Waals surface area (Å²) >= 11 is 0. The quantitative estimate of drug-likeness (QED) is 0.232. The van der Waals surface area contributed by atoms with E-state index in [0.29, 0.717) is 12.8 Å². The van der Waals surface area contributed by atoms with E-state index in [0.717, 1.165) is 11.1 Å². The fraction of sp³-hybridized carbons (Fsp3) is 0.375. The number of sulfonamides is 1. The molecule has 3 rings (SSSR count). The largest absolute Gasteiger partial charge is 0.479 e. The maximum absolute atomic E-state index is 12.8. The summed E-state index contributed by atoms with van der Waals surface area (Å²) in [4.78, 5) is 36.2. The van der Waals surface area contributed by atoms with Gasteiger partial charge >= 0.3 is 5.97 Å². The van der Waals surface area contributed by atoms with Gasteiger partial charge in [0.2, 0.25) is 15.9 Å². The molecule has 0 radical (unpaired) electrons. The molecule has 0 saturated carbocycles. The lowest BCUT2D eigenvalue weighted by molar-refractivity contribution is -0.138. The molecule has 0 aliphatic carbocycles. The van der Waals surface area contributed by atoms with E-state index in [2.05, 4.69) is 15.4 Å². The van der Waals surface area contributed by atoms with Crippen LogP contribution in [0.5, 0.6) is 0 Å². The van der Waals surface area contributed by atoms with Gasteiger partial charge in [0.15, 0.2) is 12.2 Å². The number of amides is 2. The standard InChI is InChI=1S/C24H29N3O7S/c1-16-9-11-18(12-10-16)35(32,33)26-14-6-5-13-25-22(28)19(15-17-7-3-2-4-8-17)27-23(29)20-21(34-20)24(30)31/h2-4,7-12,19-21,26H,5-6,13-15H2,1H3,(H,25,28)(H,27,29)(H,30,31)/t19-,20-,21-/m0/s1. The van der Waals surface area contributed by atoms with Crippen molar-refractivity contribution in [1.82, 2.24) is 15.4 Å². The number of nitrogens with one attached hydrogen (secondary N) is 3. The summed E-state index contributed by atoms with van der Waals surface area (Å²) in [7, 11) is -3.59. The van der Waals surface area contributed by atoms with Gasteiger partial charge in [0.25, 0.3) is 5.91 Å². The summed E-state index contributed by atoms with van der Waals surface area (Å²) in [6.07, 6.45) is -1.07. The first kappa shape index (κ1) is 26.3. The predicted octanol–water partition coefficient (Wildman–Crippen LogP) is 0.749. The highest BCUT2D eigenvalue weighted by Crippen LogP contribution is 2.22. The highest BCUT2D eigenvalue weighted by molar-refractivity contribution is 7.89. The number of aliphatic carboxylic acids is 1. The summed E-state index contributed by atoms with van der Waals surface area (Å²) in [5.41, 5.74) is 1.79. The Labute approximate surface area is 204 Å². The van der Waals surface area contributed by atoms with Crippen LogP contribution in [0.3, 0.4) is 0 Å². The summed E-state index contributed by atoms with van der Waals surface area (Å²) < 4.78 is 32.0. The second-order valence-electron chi connectivity index (χ2n) is 8.28. The molecule has 2 aromatic carbocycles. The lowest BCUT2D eigenvalue weighted by Crippen LogP contribution is -2.49. The number of ether oxygens (including phenoxy) is 1. The highest BCUT2D eigenvalue weighted by Gasteiger charge is 2.51. The van der Waals surface area contributed by atoms with Crippen LogP contribution in [0.2, 0.25) is 0 Å². The van der Waals surface area contributed by atoms with Crippen molar-refractivity contribution in [2.75, 3.05) is 13.1 Å². The fourth-order valence-electron chi connectivity index (χ4n) is 3.40. The maximum Gasteiger partial charge on any atom is 0.336 e. The van der Waals surface area contributed by atoms with E-state index in [4.69, 9.17) is 9.84 Å². The molecule has 0 bridgehead atoms. The zero-order valence-corrected chi connectivity index (χ0v) is 20.1. The Morgan fingerprint density at radius 2 is 1.63 bits per heavy atom. The first-order valence-corrected chi connectivity index (χ1v) is 12.7. The molecular formula is C24H29N3O7S. The van der Waals surface area contributed by atoms with Crippen molar-refractivity contribution in [2.24, 2.45) is 0 Å². The Hall–Kier alpha value is -3.28. The van der Waals surface area contributed by atoms with Crippen molar-refractivity contribution in [2.45, 2.75) is 49.3 Å². The summed E-state index contributed by atoms with van der Waals surface area (Å²) in [6.45, 7) is 2.37. The van der Waals surface area contributed by atoms with Gasteiger partial charge in [-0.3, -0.25) is 9.59 Å². The van der Waals surface area contributed by atoms with E-state index in [1.165, 1.54) is 0 Å². The molecule has 1 heterocycles. The van der Waals surface area contributed by atoms with Crippen LogP contribution in [0.1, 0.15) is 24.0 Å². The van der Waals surface area contributed by atoms with Crippen molar-refractivity contribution in [1.29, 1.82) is 0 Å². The lowest BCUT2D eigenvalue weighted by Gasteiger charge is -2.18. The maximum atomic E-state index is 12.8. The molecule has 188 valence electrons. The Morgan fingerprint density at radius 1 is 0.971 bits per heavy atom. The first-order chi connectivity index (χ1) is 16.7. The van der Waals surface area contributed by atoms with Gasteiger partial charge in [0, 0.05) is 19.5 Å². The normalized spacial score (nSPS) is 17.9. The second-order valence-corrected chi connectivity index (χ2v) is 10.0. The molecule has 2 amide bonds. The van der Waals surface area contributed by atoms with Gasteiger partial charge in [-0.2, -0.15) is 0 Å². The van der Waals surface area contributed by atoms with E-state index in [1.54, 1.807) is 24.3 Å². The number of carboxylic acid groups (broad SMARTS) is 1. The smallest absolute Gasteiger partial charge is 0.336 e. The fourth-order valence-corrected chi connectivity index (χ4v) is 4.48. The molecule has 0 spiro atoms. The Kier molecular flexibility index (Phi) is 8.96. The van der Waals surface area contributed by atoms with Crippen LogP contribution in [0.4, 0.5) is 0 Å². The molecule has 10 nitrogen and oxygen atoms in total. The topological polar surface area (TPSA) is 154 Å². The minimum Gasteiger partial charge on any atom is -0.479 e. The zero-order valence-electron chi connectivity index (χ0n) is 19.3. The number of epoxide rings is 1. The molecule has 11 heteroatoms. The molecule has 1 saturated heterocycles. The number of carboxylic acids is 1. The Morgan fingerprint density at radius 3 is 2.26 bits per heavy atom. The summed E-state index contributed by atoms with van der Waals surface area (Å²) in [5, 5.41) is 14.3. The average Bonchev–Trinajstić information content (AvgIpc) is 3.63. The van der Waals surface area contributed by atoms with Crippen molar-refractivity contribution < 1.29 is 32.6 Å². The molecule has 1 aliphatic rings. The summed E-state index contributed by atoms with van der Waals surface area (Å²) in [6, 6.07) is 14.7. The van der Waals surface area contributed by atoms with E-state index in [1.807, 2.05) is 37.3 Å². The highest BCUT2D eigenvalue weighted by atomic mass is 32.2. The van der Waals surface area contributed by atoms with Gasteiger partial charge < -0.3 is 20.5 Å². The number of carbonyl (C=O) groups is 3. The number of carbonyl (C=O) groups excluding carboxylic acids is 2. The molecule has 0 unspecified atom stereocenters. The van der Waals surface area contributed by atoms with Gasteiger partial charge in [0.05, 0.1) is 4.90 Å². The molecule has 35 heavy (non-hydrogen) atoms. The van der Waals surface area contributed by atoms with Crippen LogP contribution in [0.15, 0.2) is 59.5 Å². The number of hydrogen-bond acceptors (Lipinski definition) is 6. The van der Waals surface area contributed by atoms with E-state index in [9.17, 15) is 22.8 Å². The van der Waals surface area contributed by atoms with Gasteiger partial charge in [0.1, 0.15) is 6.04 Å². The van der Waals surface area contributed by atoms with Crippen molar-refractivity contribution in [3.63, 3.8) is 0 Å². The van der Waals surface area contributed by atoms with Crippen LogP contribution < -0.4 is 15.4 Å². The second kappa shape index (κ2) is 11.9. The van der Waals surface area contributed by atoms with Crippen LogP contribution in [-0.2, 0) is 35.6 Å². The molecular weight excluding hydrogens is 474 g/mol. The minimum absolute atomic E-state index is 0.195. The van der Waals surface area contributed by atoms with Gasteiger partial charge in [-0.25, -0.2) is 17.9 Å². The monoisotopic (exact) mass is 503 g/mol. The SMILES string of the molecule is Cc1ccc(S(=O)(=O)NCCCCNC(=O)[C@H](Cc2ccccc2)NC(=O)[C@H]2O[C@@H]2C(=O)O)cc1. The predicted molar refractivity (Wildman–Crippen MR) is 127 cm³/mol. The third kappa shape index (κ3) is 7.88. The van der Waals surface area contributed by atoms with Crippen molar-refractivity contribution >= 4 is 27.8 Å². The molecule has 1 aliphatic heterocycles. The van der Waals surface area contributed by atoms with Gasteiger partial charge in [-0.05, 0) is 37.5 Å². The number of hydrogen-bond donors (Lipinski definition) is 4. The lowest BCUT2D eigenvalue weighted by atomic mass is 10.0. The van der Waals surface area contributed by atoms with Gasteiger partial charge in [-0.1, -0.05) is 48.0 Å². The average molecular weight is 504 g/mol. The van der Waals surface area contributed by atoms with Crippen LogP contribution >= 0.6 is 0 Å². The minimum atomic E-state index is -3.59. The third-order valence-electron chi connectivity index (χ3n) is 5.44. The molecule has 2 aromatic rings. The molecule has 0 aromatic heterocycles. The molecule has 1 fully saturated rings. The van der Waals surface area contributed by atoms with Crippen molar-refractivity contribution in [3.05, 3.63) is 65.7 Å². The van der Waals surface area contributed by atoms with E-state index in [-0.39, 0.29) is 24.4 Å². The number of unbranched alkanes of at least 4 members (excludes halogenated alkanes) is 1. The zero-order chi connectivity index (χ0) is 25.4. The molecule has 4 N–H and O–H groups in total. The number of rotatable bonds is 13. The van der Waals surface area contributed by atoms with Crippen LogP contribution in [0, 0.1) is 6.92 Å². The third-order valence-corrected chi connectivity index (χ3v) is 6.91. The van der Waals surface area contributed by atoms with Crippen molar-refractivity contribution in [3.8, 4) is 0 Å². The van der Waals surface area contributed by atoms with Crippen LogP contribution in [0.25, 0.3) is 0 Å². The summed E-state index contributed by atoms with van der Waals surface area (Å²) in [5.74, 6) is -2.30. The number of aryl methyl sites for hydroxylation is 1. The molecule has 3 atom stereocenters. The van der Waals surface area contributed by atoms with Crippen LogP contribution in [-0.4, -0.2) is 62.6 Å². The van der Waals surface area contributed by atoms with E-state index < -0.39 is 46.1 Å². The number of benzene rings is 2. The first-order valence-electron chi connectivity index (χ1n) is 11.2. The van der Waals surface area contributed by atoms with E-state index >= 15 is 0 Å².